The van der Waals surface area contributed by atoms with Crippen molar-refractivity contribution in [3.05, 3.63) is 29.6 Å². The van der Waals surface area contributed by atoms with Gasteiger partial charge < -0.3 is 19.6 Å². The fourth-order valence-corrected chi connectivity index (χ4v) is 3.43. The summed E-state index contributed by atoms with van der Waals surface area (Å²) in [7, 11) is 3.47. The SMILES string of the molecule is COc1ccc(C(=O)N2C[C@@H](O)[C@H](N3CCN(C)CC3)C2)cc1F. The Morgan fingerprint density at radius 1 is 1.25 bits per heavy atom. The lowest BCUT2D eigenvalue weighted by molar-refractivity contribution is 0.0512. The normalized spacial score (nSPS) is 25.9. The largest absolute Gasteiger partial charge is 0.494 e. The third-order valence-corrected chi connectivity index (χ3v) is 4.95. The molecule has 1 amide bonds. The van der Waals surface area contributed by atoms with E-state index in [0.717, 1.165) is 26.2 Å². The van der Waals surface area contributed by atoms with Crippen LogP contribution in [0.5, 0.6) is 5.75 Å². The number of piperazine rings is 1. The molecular formula is C17H24FN3O3. The van der Waals surface area contributed by atoms with Crippen LogP contribution in [-0.2, 0) is 0 Å². The van der Waals surface area contributed by atoms with Gasteiger partial charge in [0, 0.05) is 44.8 Å². The number of carbonyl (C=O) groups is 1. The molecule has 0 aliphatic carbocycles. The minimum Gasteiger partial charge on any atom is -0.494 e. The topological polar surface area (TPSA) is 56.2 Å². The monoisotopic (exact) mass is 337 g/mol. The fraction of sp³-hybridized carbons (Fsp3) is 0.588. The molecule has 2 atom stereocenters. The molecule has 1 N–H and O–H groups in total. The summed E-state index contributed by atoms with van der Waals surface area (Å²) in [4.78, 5) is 18.7. The van der Waals surface area contributed by atoms with E-state index in [-0.39, 0.29) is 29.8 Å². The van der Waals surface area contributed by atoms with Crippen LogP contribution in [0.25, 0.3) is 0 Å². The van der Waals surface area contributed by atoms with E-state index in [0.29, 0.717) is 6.54 Å². The van der Waals surface area contributed by atoms with Crippen LogP contribution >= 0.6 is 0 Å². The minimum absolute atomic E-state index is 0.0502. The number of likely N-dealkylation sites (tertiary alicyclic amines) is 1. The predicted octanol–water partition coefficient (Wildman–Crippen LogP) is 0.267. The molecule has 132 valence electrons. The Bertz CT molecular complexity index is 605. The number of methoxy groups -OCH3 is 1. The van der Waals surface area contributed by atoms with Gasteiger partial charge in [0.15, 0.2) is 11.6 Å². The molecule has 2 saturated heterocycles. The van der Waals surface area contributed by atoms with Crippen molar-refractivity contribution in [2.75, 3.05) is 53.4 Å². The number of carbonyl (C=O) groups excluding carboxylic acids is 1. The van der Waals surface area contributed by atoms with Gasteiger partial charge in [-0.1, -0.05) is 0 Å². The highest BCUT2D eigenvalue weighted by Crippen LogP contribution is 2.23. The first-order valence-corrected chi connectivity index (χ1v) is 8.23. The van der Waals surface area contributed by atoms with Crippen LogP contribution in [0.4, 0.5) is 4.39 Å². The Hall–Kier alpha value is -1.70. The molecule has 2 fully saturated rings. The molecule has 6 nitrogen and oxygen atoms in total. The van der Waals surface area contributed by atoms with Crippen LogP contribution in [0.2, 0.25) is 0 Å². The minimum atomic E-state index is -0.569. The number of benzene rings is 1. The van der Waals surface area contributed by atoms with Crippen molar-refractivity contribution >= 4 is 5.91 Å². The number of nitrogens with zero attached hydrogens (tertiary/aromatic N) is 3. The summed E-state index contributed by atoms with van der Waals surface area (Å²) in [5.74, 6) is -0.700. The molecular weight excluding hydrogens is 313 g/mol. The van der Waals surface area contributed by atoms with E-state index >= 15 is 0 Å². The summed E-state index contributed by atoms with van der Waals surface area (Å²) in [6, 6.07) is 4.15. The van der Waals surface area contributed by atoms with Gasteiger partial charge in [0.1, 0.15) is 0 Å². The first kappa shape index (κ1) is 17.1. The standard InChI is InChI=1S/C17H24FN3O3/c1-19-5-7-20(8-6-19)14-10-21(11-15(14)22)17(23)12-3-4-16(24-2)13(18)9-12/h3-4,9,14-15,22H,5-8,10-11H2,1-2H3/t14-,15-/m1/s1. The number of aliphatic hydroxyl groups excluding tert-OH is 1. The van der Waals surface area contributed by atoms with Crippen molar-refractivity contribution in [3.8, 4) is 5.75 Å². The molecule has 0 spiro atoms. The summed E-state index contributed by atoms with van der Waals surface area (Å²) in [6.45, 7) is 4.44. The van der Waals surface area contributed by atoms with Gasteiger partial charge in [0.2, 0.25) is 0 Å². The second kappa shape index (κ2) is 7.04. The Morgan fingerprint density at radius 2 is 1.96 bits per heavy atom. The molecule has 0 aromatic heterocycles. The maximum atomic E-state index is 13.8. The maximum Gasteiger partial charge on any atom is 0.254 e. The summed E-state index contributed by atoms with van der Waals surface area (Å²) in [5, 5.41) is 10.4. The van der Waals surface area contributed by atoms with E-state index in [1.165, 1.54) is 19.2 Å². The van der Waals surface area contributed by atoms with Crippen molar-refractivity contribution in [1.29, 1.82) is 0 Å². The van der Waals surface area contributed by atoms with Gasteiger partial charge in [0.25, 0.3) is 5.91 Å². The number of β-amino-alcohol motifs (C(OH)–C–C–N with tert-alkyl or cyclic N) is 1. The van der Waals surface area contributed by atoms with Crippen LogP contribution in [-0.4, -0.2) is 91.3 Å². The summed E-state index contributed by atoms with van der Waals surface area (Å²) in [5.41, 5.74) is 0.277. The summed E-state index contributed by atoms with van der Waals surface area (Å²) < 4.78 is 18.7. The van der Waals surface area contributed by atoms with Gasteiger partial charge in [-0.15, -0.1) is 0 Å². The number of likely N-dealkylation sites (N-methyl/N-ethyl adjacent to an activating group) is 1. The first-order valence-electron chi connectivity index (χ1n) is 8.23. The second-order valence-corrected chi connectivity index (χ2v) is 6.53. The van der Waals surface area contributed by atoms with Crippen molar-refractivity contribution < 1.29 is 19.0 Å². The summed E-state index contributed by atoms with van der Waals surface area (Å²) in [6.07, 6.45) is -0.569. The van der Waals surface area contributed by atoms with E-state index in [4.69, 9.17) is 4.74 Å². The molecule has 0 unspecified atom stereocenters. The summed E-state index contributed by atoms with van der Waals surface area (Å²) >= 11 is 0. The van der Waals surface area contributed by atoms with Crippen LogP contribution in [0.3, 0.4) is 0 Å². The predicted molar refractivity (Wildman–Crippen MR) is 87.7 cm³/mol. The molecule has 0 radical (unpaired) electrons. The van der Waals surface area contributed by atoms with Crippen LogP contribution in [0, 0.1) is 5.82 Å². The third-order valence-electron chi connectivity index (χ3n) is 4.95. The molecule has 2 heterocycles. The van der Waals surface area contributed by atoms with E-state index in [1.807, 2.05) is 0 Å². The van der Waals surface area contributed by atoms with Crippen molar-refractivity contribution in [1.82, 2.24) is 14.7 Å². The van der Waals surface area contributed by atoms with E-state index in [2.05, 4.69) is 16.8 Å². The molecule has 1 aromatic carbocycles. The highest BCUT2D eigenvalue weighted by molar-refractivity contribution is 5.94. The lowest BCUT2D eigenvalue weighted by Gasteiger charge is -2.37. The molecule has 0 bridgehead atoms. The number of ether oxygens (including phenoxy) is 1. The lowest BCUT2D eigenvalue weighted by Crippen LogP contribution is -2.52. The average molecular weight is 337 g/mol. The van der Waals surface area contributed by atoms with Crippen molar-refractivity contribution in [3.63, 3.8) is 0 Å². The number of hydrogen-bond donors (Lipinski definition) is 1. The zero-order chi connectivity index (χ0) is 17.3. The van der Waals surface area contributed by atoms with Crippen LogP contribution < -0.4 is 4.74 Å². The molecule has 24 heavy (non-hydrogen) atoms. The second-order valence-electron chi connectivity index (χ2n) is 6.53. The number of rotatable bonds is 3. The van der Waals surface area contributed by atoms with Gasteiger partial charge >= 0.3 is 0 Å². The molecule has 2 aliphatic rings. The van der Waals surface area contributed by atoms with Gasteiger partial charge in [-0.3, -0.25) is 9.69 Å². The van der Waals surface area contributed by atoms with E-state index < -0.39 is 11.9 Å². The Balaban J connectivity index is 1.67. The molecule has 2 aliphatic heterocycles. The Labute approximate surface area is 141 Å². The fourth-order valence-electron chi connectivity index (χ4n) is 3.43. The number of amides is 1. The van der Waals surface area contributed by atoms with E-state index in [9.17, 15) is 14.3 Å². The van der Waals surface area contributed by atoms with Gasteiger partial charge in [-0.25, -0.2) is 4.39 Å². The smallest absolute Gasteiger partial charge is 0.254 e. The number of aliphatic hydroxyl groups is 1. The number of hydrogen-bond acceptors (Lipinski definition) is 5. The third kappa shape index (κ3) is 3.38. The average Bonchev–Trinajstić information content (AvgIpc) is 2.96. The first-order chi connectivity index (χ1) is 11.5. The number of halogens is 1. The van der Waals surface area contributed by atoms with E-state index in [1.54, 1.807) is 11.0 Å². The Kier molecular flexibility index (Phi) is 5.03. The highest BCUT2D eigenvalue weighted by Gasteiger charge is 2.38. The van der Waals surface area contributed by atoms with Crippen LogP contribution in [0.15, 0.2) is 18.2 Å². The molecule has 3 rings (SSSR count). The Morgan fingerprint density at radius 3 is 2.58 bits per heavy atom. The van der Waals surface area contributed by atoms with Crippen molar-refractivity contribution in [2.24, 2.45) is 0 Å². The lowest BCUT2D eigenvalue weighted by atomic mass is 10.1. The van der Waals surface area contributed by atoms with Gasteiger partial charge in [0.05, 0.1) is 19.3 Å². The maximum absolute atomic E-state index is 13.8. The molecule has 0 saturated carbocycles. The van der Waals surface area contributed by atoms with Crippen LogP contribution in [0.1, 0.15) is 10.4 Å². The highest BCUT2D eigenvalue weighted by atomic mass is 19.1. The van der Waals surface area contributed by atoms with Gasteiger partial charge in [-0.2, -0.15) is 0 Å². The van der Waals surface area contributed by atoms with Crippen molar-refractivity contribution in [2.45, 2.75) is 12.1 Å². The zero-order valence-corrected chi connectivity index (χ0v) is 14.1. The van der Waals surface area contributed by atoms with Gasteiger partial charge in [-0.05, 0) is 25.2 Å². The quantitative estimate of drug-likeness (QED) is 0.858. The molecule has 1 aromatic rings. The zero-order valence-electron chi connectivity index (χ0n) is 14.1. The molecule has 7 heteroatoms.